The van der Waals surface area contributed by atoms with Crippen LogP contribution < -0.4 is 5.32 Å². The number of halogens is 1. The van der Waals surface area contributed by atoms with E-state index in [1.54, 1.807) is 23.0 Å². The number of nitrogens with one attached hydrogen (secondary N) is 1. The number of hydrogen-bond acceptors (Lipinski definition) is 4. The van der Waals surface area contributed by atoms with E-state index in [0.29, 0.717) is 16.4 Å². The summed E-state index contributed by atoms with van der Waals surface area (Å²) in [5.41, 5.74) is 2.13. The first-order chi connectivity index (χ1) is 11.7. The molecule has 0 atom stereocenters. The number of aromatic nitrogens is 3. The van der Waals surface area contributed by atoms with Crippen molar-refractivity contribution in [2.75, 3.05) is 6.54 Å². The van der Waals surface area contributed by atoms with Gasteiger partial charge in [-0.15, -0.1) is 0 Å². The fraction of sp³-hybridized carbons (Fsp3) is 0.118. The van der Waals surface area contributed by atoms with Crippen molar-refractivity contribution >= 4 is 23.3 Å². The molecule has 6 nitrogen and oxygen atoms in total. The van der Waals surface area contributed by atoms with Gasteiger partial charge in [-0.25, -0.2) is 14.3 Å². The number of amides is 1. The fourth-order valence-electron chi connectivity index (χ4n) is 1.96. The van der Waals surface area contributed by atoms with Gasteiger partial charge in [-0.2, -0.15) is 5.10 Å². The topological polar surface area (TPSA) is 68.5 Å². The minimum atomic E-state index is -0.519. The third-order valence-corrected chi connectivity index (χ3v) is 3.30. The molecule has 2 aromatic heterocycles. The average Bonchev–Trinajstić information content (AvgIpc) is 3.00. The van der Waals surface area contributed by atoms with Gasteiger partial charge in [-0.05, 0) is 11.6 Å². The van der Waals surface area contributed by atoms with Crippen LogP contribution in [0.2, 0.25) is 5.15 Å². The van der Waals surface area contributed by atoms with Gasteiger partial charge in [-0.3, -0.25) is 0 Å². The number of carbonyl (C=O) groups is 1. The zero-order valence-electron chi connectivity index (χ0n) is 12.6. The molecule has 0 radical (unpaired) electrons. The van der Waals surface area contributed by atoms with Crippen molar-refractivity contribution in [2.24, 2.45) is 0 Å². The van der Waals surface area contributed by atoms with E-state index in [1.165, 1.54) is 0 Å². The smallest absolute Gasteiger partial charge is 0.408 e. The van der Waals surface area contributed by atoms with Crippen LogP contribution in [-0.2, 0) is 11.3 Å². The molecular formula is C17H13ClN4O2. The molecule has 0 fully saturated rings. The van der Waals surface area contributed by atoms with Crippen molar-refractivity contribution in [3.63, 3.8) is 0 Å². The minimum absolute atomic E-state index is 0.158. The quantitative estimate of drug-likeness (QED) is 0.588. The predicted molar refractivity (Wildman–Crippen MR) is 89.5 cm³/mol. The van der Waals surface area contributed by atoms with Crippen LogP contribution in [0.1, 0.15) is 11.1 Å². The molecular weight excluding hydrogens is 328 g/mol. The van der Waals surface area contributed by atoms with Crippen molar-refractivity contribution < 1.29 is 9.53 Å². The Morgan fingerprint density at radius 3 is 2.96 bits per heavy atom. The van der Waals surface area contributed by atoms with E-state index in [9.17, 15) is 4.79 Å². The second kappa shape index (κ2) is 7.49. The number of carbonyl (C=O) groups excluding carboxylic acids is 1. The Balaban J connectivity index is 1.52. The maximum atomic E-state index is 11.6. The van der Waals surface area contributed by atoms with Crippen LogP contribution in [0.5, 0.6) is 0 Å². The summed E-state index contributed by atoms with van der Waals surface area (Å²) in [7, 11) is 0. The molecule has 0 unspecified atom stereocenters. The molecule has 1 N–H and O–H groups in total. The third kappa shape index (κ3) is 4.03. The van der Waals surface area contributed by atoms with E-state index >= 15 is 0 Å². The van der Waals surface area contributed by atoms with Crippen LogP contribution in [0.15, 0.2) is 48.8 Å². The predicted octanol–water partition coefficient (Wildman–Crippen LogP) is 2.66. The first kappa shape index (κ1) is 15.8. The van der Waals surface area contributed by atoms with Gasteiger partial charge in [0.05, 0.1) is 18.3 Å². The van der Waals surface area contributed by atoms with Crippen molar-refractivity contribution in [3.8, 4) is 11.8 Å². The molecule has 24 heavy (non-hydrogen) atoms. The normalized spacial score (nSPS) is 10.0. The summed E-state index contributed by atoms with van der Waals surface area (Å²) >= 11 is 5.86. The number of fused-ring (bicyclic) bond motifs is 1. The van der Waals surface area contributed by atoms with Gasteiger partial charge in [0.15, 0.2) is 5.65 Å². The molecule has 1 aromatic carbocycles. The van der Waals surface area contributed by atoms with Crippen LogP contribution in [0, 0.1) is 11.8 Å². The molecule has 7 heteroatoms. The van der Waals surface area contributed by atoms with Crippen LogP contribution in [0.3, 0.4) is 0 Å². The van der Waals surface area contributed by atoms with Gasteiger partial charge < -0.3 is 10.1 Å². The first-order valence-corrected chi connectivity index (χ1v) is 7.53. The summed E-state index contributed by atoms with van der Waals surface area (Å²) in [4.78, 5) is 15.8. The summed E-state index contributed by atoms with van der Waals surface area (Å²) in [5, 5.41) is 7.05. The van der Waals surface area contributed by atoms with Crippen molar-refractivity contribution in [1.82, 2.24) is 19.9 Å². The Hall–Kier alpha value is -3.04. The van der Waals surface area contributed by atoms with Gasteiger partial charge in [0.25, 0.3) is 0 Å². The zero-order valence-corrected chi connectivity index (χ0v) is 13.3. The van der Waals surface area contributed by atoms with Crippen LogP contribution >= 0.6 is 11.6 Å². The van der Waals surface area contributed by atoms with Gasteiger partial charge in [0.1, 0.15) is 11.8 Å². The van der Waals surface area contributed by atoms with Crippen LogP contribution in [-0.4, -0.2) is 27.2 Å². The van der Waals surface area contributed by atoms with E-state index < -0.39 is 6.09 Å². The summed E-state index contributed by atoms with van der Waals surface area (Å²) < 4.78 is 6.67. The van der Waals surface area contributed by atoms with Crippen molar-refractivity contribution in [1.29, 1.82) is 0 Å². The van der Waals surface area contributed by atoms with Crippen molar-refractivity contribution in [2.45, 2.75) is 6.61 Å². The van der Waals surface area contributed by atoms with Crippen LogP contribution in [0.25, 0.3) is 5.65 Å². The number of ether oxygens (including phenoxy) is 1. The van der Waals surface area contributed by atoms with E-state index in [2.05, 4.69) is 27.2 Å². The monoisotopic (exact) mass is 340 g/mol. The molecule has 2 heterocycles. The van der Waals surface area contributed by atoms with E-state index in [-0.39, 0.29) is 13.2 Å². The first-order valence-electron chi connectivity index (χ1n) is 7.16. The second-order valence-electron chi connectivity index (χ2n) is 4.79. The molecule has 0 aliphatic rings. The third-order valence-electron chi connectivity index (χ3n) is 3.09. The van der Waals surface area contributed by atoms with Gasteiger partial charge in [-0.1, -0.05) is 53.8 Å². The highest BCUT2D eigenvalue weighted by atomic mass is 35.5. The number of hydrogen-bond donors (Lipinski definition) is 1. The molecule has 0 saturated carbocycles. The molecule has 0 aliphatic carbocycles. The minimum Gasteiger partial charge on any atom is -0.445 e. The zero-order chi connectivity index (χ0) is 16.8. The lowest BCUT2D eigenvalue weighted by Gasteiger charge is -2.04. The fourth-order valence-corrected chi connectivity index (χ4v) is 2.10. The molecule has 3 rings (SSSR count). The maximum Gasteiger partial charge on any atom is 0.408 e. The number of alkyl carbamates (subject to hydrolysis) is 1. The molecule has 3 aromatic rings. The van der Waals surface area contributed by atoms with Crippen molar-refractivity contribution in [3.05, 3.63) is 65.1 Å². The highest BCUT2D eigenvalue weighted by Gasteiger charge is 2.03. The van der Waals surface area contributed by atoms with E-state index in [0.717, 1.165) is 5.56 Å². The standard InChI is InChI=1S/C17H13ClN4O2/c18-15-8-10-22-16(21-15)14(11-20-22)7-4-9-19-17(23)24-12-13-5-2-1-3-6-13/h1-3,5-6,8,10-11H,9,12H2,(H,19,23). The summed E-state index contributed by atoms with van der Waals surface area (Å²) in [5.74, 6) is 5.73. The molecule has 0 saturated heterocycles. The maximum absolute atomic E-state index is 11.6. The number of benzene rings is 1. The lowest BCUT2D eigenvalue weighted by molar-refractivity contribution is 0.141. The van der Waals surface area contributed by atoms with Gasteiger partial charge in [0.2, 0.25) is 0 Å². The Labute approximate surface area is 143 Å². The highest BCUT2D eigenvalue weighted by molar-refractivity contribution is 6.29. The molecule has 0 aliphatic heterocycles. The largest absolute Gasteiger partial charge is 0.445 e. The SMILES string of the molecule is O=C(NCC#Cc1cnn2ccc(Cl)nc12)OCc1ccccc1. The Bertz CT molecular complexity index is 912. The number of rotatable bonds is 3. The Morgan fingerprint density at radius 2 is 2.12 bits per heavy atom. The molecule has 0 spiro atoms. The lowest BCUT2D eigenvalue weighted by Crippen LogP contribution is -2.24. The summed E-state index contributed by atoms with van der Waals surface area (Å²) in [6, 6.07) is 11.1. The molecule has 1 amide bonds. The summed E-state index contributed by atoms with van der Waals surface area (Å²) in [6.45, 7) is 0.377. The Kier molecular flexibility index (Phi) is 4.94. The average molecular weight is 341 g/mol. The number of nitrogens with zero attached hydrogens (tertiary/aromatic N) is 3. The second-order valence-corrected chi connectivity index (χ2v) is 5.18. The molecule has 0 bridgehead atoms. The van der Waals surface area contributed by atoms with Crippen LogP contribution in [0.4, 0.5) is 4.79 Å². The van der Waals surface area contributed by atoms with E-state index in [1.807, 2.05) is 30.3 Å². The molecule has 120 valence electrons. The van der Waals surface area contributed by atoms with Gasteiger partial charge in [0, 0.05) is 6.20 Å². The lowest BCUT2D eigenvalue weighted by atomic mass is 10.2. The van der Waals surface area contributed by atoms with Gasteiger partial charge >= 0.3 is 6.09 Å². The van der Waals surface area contributed by atoms with E-state index in [4.69, 9.17) is 16.3 Å². The summed E-state index contributed by atoms with van der Waals surface area (Å²) in [6.07, 6.45) is 2.78. The highest BCUT2D eigenvalue weighted by Crippen LogP contribution is 2.10. The Morgan fingerprint density at radius 1 is 1.29 bits per heavy atom.